The van der Waals surface area contributed by atoms with Crippen LogP contribution in [0.4, 0.5) is 14.9 Å². The number of fused-ring (bicyclic) bond motifs is 1. The van der Waals surface area contributed by atoms with Crippen LogP contribution in [0.2, 0.25) is 0 Å². The monoisotopic (exact) mass is 440 g/mol. The van der Waals surface area contributed by atoms with Crippen molar-refractivity contribution in [3.8, 4) is 6.07 Å². The Hall–Kier alpha value is -3.08. The molecule has 1 N–H and O–H groups in total. The molecule has 1 saturated carbocycles. The lowest BCUT2D eigenvalue weighted by Gasteiger charge is -2.25. The molecular formula is C24H29FN4O3. The fraction of sp³-hybridized carbons (Fsp3) is 0.542. The largest absolute Gasteiger partial charge is 0.444 e. The Morgan fingerprint density at radius 2 is 2.03 bits per heavy atom. The molecular weight excluding hydrogens is 411 g/mol. The second-order valence-corrected chi connectivity index (χ2v) is 9.82. The lowest BCUT2D eigenvalue weighted by molar-refractivity contribution is 0.0520. The summed E-state index contributed by atoms with van der Waals surface area (Å²) in [6.07, 6.45) is 2.17. The highest BCUT2D eigenvalue weighted by Crippen LogP contribution is 2.40. The van der Waals surface area contributed by atoms with Gasteiger partial charge in [-0.2, -0.15) is 5.26 Å². The molecule has 4 rings (SSSR count). The van der Waals surface area contributed by atoms with Gasteiger partial charge in [-0.3, -0.25) is 4.79 Å². The summed E-state index contributed by atoms with van der Waals surface area (Å²) < 4.78 is 22.3. The fourth-order valence-corrected chi connectivity index (χ4v) is 4.57. The summed E-state index contributed by atoms with van der Waals surface area (Å²) in [6.45, 7) is 8.95. The van der Waals surface area contributed by atoms with Gasteiger partial charge in [-0.1, -0.05) is 0 Å². The number of amides is 1. The molecule has 2 aromatic rings. The molecule has 1 atom stereocenters. The number of benzene rings is 1. The smallest absolute Gasteiger partial charge is 0.407 e. The third kappa shape index (κ3) is 4.29. The number of carbonyl (C=O) groups is 1. The van der Waals surface area contributed by atoms with E-state index < -0.39 is 17.5 Å². The first-order chi connectivity index (χ1) is 15.1. The maximum absolute atomic E-state index is 15.3. The maximum Gasteiger partial charge on any atom is 0.407 e. The molecule has 2 fully saturated rings. The minimum absolute atomic E-state index is 0.110. The van der Waals surface area contributed by atoms with E-state index in [0.29, 0.717) is 41.8 Å². The normalized spacial score (nSPS) is 18.6. The lowest BCUT2D eigenvalue weighted by atomic mass is 10.0. The minimum Gasteiger partial charge on any atom is -0.444 e. The molecule has 1 saturated heterocycles. The second kappa shape index (κ2) is 8.12. The van der Waals surface area contributed by atoms with Crippen molar-refractivity contribution in [2.24, 2.45) is 5.92 Å². The van der Waals surface area contributed by atoms with Gasteiger partial charge in [-0.05, 0) is 64.5 Å². The minimum atomic E-state index is -0.559. The summed E-state index contributed by atoms with van der Waals surface area (Å²) in [5, 5.41) is 12.8. The molecule has 8 heteroatoms. The molecule has 0 spiro atoms. The van der Waals surface area contributed by atoms with Crippen LogP contribution < -0.4 is 15.8 Å². The summed E-state index contributed by atoms with van der Waals surface area (Å²) in [7, 11) is 0. The molecule has 1 aromatic heterocycles. The SMILES string of the molecule is Cc1c(N2CCC(CNC(=O)OC(C)(C)C)C2)c(F)cc2c(C#N)cc(=O)n(C3CC3)c12. The van der Waals surface area contributed by atoms with Crippen molar-refractivity contribution in [3.63, 3.8) is 0 Å². The van der Waals surface area contributed by atoms with E-state index in [1.807, 2.05) is 38.7 Å². The predicted molar refractivity (Wildman–Crippen MR) is 120 cm³/mol. The number of ether oxygens (including phenoxy) is 1. The Morgan fingerprint density at radius 1 is 1.31 bits per heavy atom. The standard InChI is InChI=1S/C24H29FN4O3/c1-14-21-18(16(11-26)9-20(30)29(21)17-5-6-17)10-19(25)22(14)28-8-7-15(13-28)12-27-23(31)32-24(2,3)4/h9-10,15,17H,5-8,12-13H2,1-4H3,(H,27,31). The van der Waals surface area contributed by atoms with Gasteiger partial charge in [0, 0.05) is 37.1 Å². The van der Waals surface area contributed by atoms with Gasteiger partial charge in [0.05, 0.1) is 16.8 Å². The zero-order valence-electron chi connectivity index (χ0n) is 19.0. The highest BCUT2D eigenvalue weighted by molar-refractivity contribution is 5.92. The predicted octanol–water partition coefficient (Wildman–Crippen LogP) is 4.01. The van der Waals surface area contributed by atoms with Crippen molar-refractivity contribution >= 4 is 22.7 Å². The first-order valence-electron chi connectivity index (χ1n) is 11.1. The van der Waals surface area contributed by atoms with E-state index in [-0.39, 0.29) is 23.1 Å². The Balaban J connectivity index is 1.62. The molecule has 1 amide bonds. The van der Waals surface area contributed by atoms with E-state index in [4.69, 9.17) is 4.74 Å². The Labute approximate surface area is 186 Å². The van der Waals surface area contributed by atoms with E-state index in [1.54, 1.807) is 4.57 Å². The van der Waals surface area contributed by atoms with Crippen LogP contribution in [0.5, 0.6) is 0 Å². The average Bonchev–Trinajstić information content (AvgIpc) is 3.43. The molecule has 0 bridgehead atoms. The molecule has 1 aliphatic carbocycles. The number of aryl methyl sites for hydroxylation is 1. The topological polar surface area (TPSA) is 87.4 Å². The van der Waals surface area contributed by atoms with Gasteiger partial charge in [0.15, 0.2) is 0 Å². The molecule has 32 heavy (non-hydrogen) atoms. The maximum atomic E-state index is 15.3. The van der Waals surface area contributed by atoms with Crippen LogP contribution in [-0.2, 0) is 4.74 Å². The zero-order chi connectivity index (χ0) is 23.2. The average molecular weight is 441 g/mol. The highest BCUT2D eigenvalue weighted by Gasteiger charge is 2.31. The van der Waals surface area contributed by atoms with E-state index >= 15 is 4.39 Å². The van der Waals surface area contributed by atoms with E-state index in [1.165, 1.54) is 12.1 Å². The van der Waals surface area contributed by atoms with Crippen LogP contribution in [0.1, 0.15) is 57.2 Å². The van der Waals surface area contributed by atoms with E-state index in [2.05, 4.69) is 5.32 Å². The van der Waals surface area contributed by atoms with Gasteiger partial charge in [-0.25, -0.2) is 9.18 Å². The number of carbonyl (C=O) groups excluding carboxylic acids is 1. The zero-order valence-corrected chi connectivity index (χ0v) is 19.0. The number of nitriles is 1. The molecule has 0 radical (unpaired) electrons. The third-order valence-corrected chi connectivity index (χ3v) is 6.07. The number of pyridine rings is 1. The summed E-state index contributed by atoms with van der Waals surface area (Å²) in [4.78, 5) is 26.7. The molecule has 2 aliphatic rings. The van der Waals surface area contributed by atoms with Gasteiger partial charge in [0.2, 0.25) is 0 Å². The quantitative estimate of drug-likeness (QED) is 0.776. The number of nitrogens with one attached hydrogen (secondary N) is 1. The number of alkyl carbamates (subject to hydrolysis) is 1. The van der Waals surface area contributed by atoms with Gasteiger partial charge >= 0.3 is 6.09 Å². The van der Waals surface area contributed by atoms with Crippen LogP contribution >= 0.6 is 0 Å². The van der Waals surface area contributed by atoms with E-state index in [9.17, 15) is 14.9 Å². The number of aromatic nitrogens is 1. The number of rotatable bonds is 4. The third-order valence-electron chi connectivity index (χ3n) is 6.07. The first-order valence-corrected chi connectivity index (χ1v) is 11.1. The summed E-state index contributed by atoms with van der Waals surface area (Å²) >= 11 is 0. The molecule has 1 aliphatic heterocycles. The summed E-state index contributed by atoms with van der Waals surface area (Å²) in [5.41, 5.74) is 1.25. The molecule has 2 heterocycles. The second-order valence-electron chi connectivity index (χ2n) is 9.82. The van der Waals surface area contributed by atoms with Crippen molar-refractivity contribution in [3.05, 3.63) is 39.4 Å². The van der Waals surface area contributed by atoms with Gasteiger partial charge in [0.25, 0.3) is 5.56 Å². The number of anilines is 1. The number of hydrogen-bond donors (Lipinski definition) is 1. The van der Waals surface area contributed by atoms with Crippen LogP contribution in [0.3, 0.4) is 0 Å². The van der Waals surface area contributed by atoms with E-state index in [0.717, 1.165) is 19.3 Å². The number of nitrogens with zero attached hydrogens (tertiary/aromatic N) is 3. The highest BCUT2D eigenvalue weighted by atomic mass is 19.1. The molecule has 1 unspecified atom stereocenters. The molecule has 7 nitrogen and oxygen atoms in total. The number of hydrogen-bond acceptors (Lipinski definition) is 5. The van der Waals surface area contributed by atoms with Gasteiger partial charge < -0.3 is 19.5 Å². The Morgan fingerprint density at radius 3 is 2.66 bits per heavy atom. The number of halogens is 1. The first kappa shape index (κ1) is 22.1. The van der Waals surface area contributed by atoms with Crippen molar-refractivity contribution < 1.29 is 13.9 Å². The molecule has 170 valence electrons. The van der Waals surface area contributed by atoms with Crippen LogP contribution in [-0.4, -0.2) is 35.9 Å². The molecule has 1 aromatic carbocycles. The van der Waals surface area contributed by atoms with Crippen LogP contribution in [0.25, 0.3) is 10.9 Å². The van der Waals surface area contributed by atoms with Crippen molar-refractivity contribution in [1.82, 2.24) is 9.88 Å². The Bertz CT molecular complexity index is 1170. The fourth-order valence-electron chi connectivity index (χ4n) is 4.57. The summed E-state index contributed by atoms with van der Waals surface area (Å²) in [5.74, 6) is -0.235. The van der Waals surface area contributed by atoms with Crippen LogP contribution in [0, 0.1) is 30.0 Å². The summed E-state index contributed by atoms with van der Waals surface area (Å²) in [6, 6.07) is 4.86. The lowest BCUT2D eigenvalue weighted by Crippen LogP contribution is -2.36. The van der Waals surface area contributed by atoms with Crippen molar-refractivity contribution in [1.29, 1.82) is 5.26 Å². The van der Waals surface area contributed by atoms with Gasteiger partial charge in [-0.15, -0.1) is 0 Å². The van der Waals surface area contributed by atoms with Crippen molar-refractivity contribution in [2.75, 3.05) is 24.5 Å². The van der Waals surface area contributed by atoms with Crippen LogP contribution in [0.15, 0.2) is 16.9 Å². The van der Waals surface area contributed by atoms with Crippen molar-refractivity contribution in [2.45, 2.75) is 58.6 Å². The van der Waals surface area contributed by atoms with Gasteiger partial charge in [0.1, 0.15) is 17.5 Å². The Kier molecular flexibility index (Phi) is 5.61.